The average molecular weight is 274 g/mol. The van der Waals surface area contributed by atoms with E-state index in [1.165, 1.54) is 0 Å². The van der Waals surface area contributed by atoms with Crippen LogP contribution < -0.4 is 5.73 Å². The Kier molecular flexibility index (Phi) is 3.30. The van der Waals surface area contributed by atoms with E-state index < -0.39 is 0 Å². The summed E-state index contributed by atoms with van der Waals surface area (Å²) in [4.78, 5) is 4.24. The molecule has 20 heavy (non-hydrogen) atoms. The molecule has 0 bridgehead atoms. The maximum atomic E-state index is 5.44. The fourth-order valence-corrected chi connectivity index (χ4v) is 1.78. The molecule has 0 aliphatic heterocycles. The van der Waals surface area contributed by atoms with Gasteiger partial charge in [0.25, 0.3) is 5.89 Å². The van der Waals surface area contributed by atoms with Crippen LogP contribution in [0, 0.1) is 0 Å². The fraction of sp³-hybridized carbons (Fsp3) is 0.333. The molecule has 3 aromatic rings. The number of hydrogen-bond acceptors (Lipinski definition) is 7. The third-order valence-electron chi connectivity index (χ3n) is 2.79. The van der Waals surface area contributed by atoms with Crippen molar-refractivity contribution in [1.82, 2.24) is 25.1 Å². The molecule has 3 heterocycles. The minimum Gasteiger partial charge on any atom is -0.350 e. The highest BCUT2D eigenvalue weighted by Gasteiger charge is 2.15. The van der Waals surface area contributed by atoms with Crippen molar-refractivity contribution in [2.75, 3.05) is 6.54 Å². The molecule has 104 valence electrons. The molecule has 0 amide bonds. The number of aryl methyl sites for hydroxylation is 2. The zero-order valence-corrected chi connectivity index (χ0v) is 11.0. The van der Waals surface area contributed by atoms with Crippen molar-refractivity contribution in [3.8, 4) is 22.9 Å². The Morgan fingerprint density at radius 1 is 1.30 bits per heavy atom. The summed E-state index contributed by atoms with van der Waals surface area (Å²) >= 11 is 0. The van der Waals surface area contributed by atoms with Crippen molar-refractivity contribution >= 4 is 0 Å². The van der Waals surface area contributed by atoms with Gasteiger partial charge in [0.15, 0.2) is 5.82 Å². The molecule has 0 aromatic carbocycles. The summed E-state index contributed by atoms with van der Waals surface area (Å²) in [6.07, 6.45) is 5.06. The zero-order chi connectivity index (χ0) is 13.9. The monoisotopic (exact) mass is 274 g/mol. The summed E-state index contributed by atoms with van der Waals surface area (Å²) in [6, 6.07) is 1.75. The predicted octanol–water partition coefficient (Wildman–Crippen LogP) is 1.02. The van der Waals surface area contributed by atoms with E-state index in [4.69, 9.17) is 14.8 Å². The minimum atomic E-state index is 0.319. The SMILES string of the molecule is Cn1cc(-c2cc(-c3nc(CCCN)no3)on2)cn1. The van der Waals surface area contributed by atoms with E-state index in [9.17, 15) is 0 Å². The van der Waals surface area contributed by atoms with Gasteiger partial charge in [-0.05, 0) is 13.0 Å². The van der Waals surface area contributed by atoms with Crippen LogP contribution >= 0.6 is 0 Å². The molecule has 3 aromatic heterocycles. The van der Waals surface area contributed by atoms with Crippen LogP contribution in [0.5, 0.6) is 0 Å². The van der Waals surface area contributed by atoms with Crippen molar-refractivity contribution in [3.05, 3.63) is 24.3 Å². The van der Waals surface area contributed by atoms with Gasteiger partial charge in [0.05, 0.1) is 6.20 Å². The molecule has 8 nitrogen and oxygen atoms in total. The van der Waals surface area contributed by atoms with E-state index >= 15 is 0 Å². The summed E-state index contributed by atoms with van der Waals surface area (Å²) < 4.78 is 12.1. The molecule has 0 atom stereocenters. The van der Waals surface area contributed by atoms with Crippen LogP contribution in [0.25, 0.3) is 22.9 Å². The van der Waals surface area contributed by atoms with E-state index in [-0.39, 0.29) is 0 Å². The Morgan fingerprint density at radius 2 is 2.20 bits per heavy atom. The summed E-state index contributed by atoms with van der Waals surface area (Å²) in [5.41, 5.74) is 6.98. The standard InChI is InChI=1S/C12H14N6O2/c1-18-7-8(6-14-18)9-5-10(19-16-9)12-15-11(17-20-12)3-2-4-13/h5-7H,2-4,13H2,1H3. The largest absolute Gasteiger partial charge is 0.350 e. The first kappa shape index (κ1) is 12.5. The number of rotatable bonds is 5. The Balaban J connectivity index is 1.81. The fourth-order valence-electron chi connectivity index (χ4n) is 1.78. The third kappa shape index (κ3) is 2.45. The second kappa shape index (κ2) is 5.25. The highest BCUT2D eigenvalue weighted by atomic mass is 16.5. The predicted molar refractivity (Wildman–Crippen MR) is 69.4 cm³/mol. The van der Waals surface area contributed by atoms with Gasteiger partial charge < -0.3 is 14.8 Å². The first-order valence-corrected chi connectivity index (χ1v) is 6.25. The summed E-state index contributed by atoms with van der Waals surface area (Å²) in [6.45, 7) is 0.595. The van der Waals surface area contributed by atoms with E-state index in [0.29, 0.717) is 36.1 Å². The van der Waals surface area contributed by atoms with Crippen LogP contribution in [0.2, 0.25) is 0 Å². The lowest BCUT2D eigenvalue weighted by atomic mass is 10.2. The molecule has 0 aliphatic carbocycles. The molecule has 0 unspecified atom stereocenters. The van der Waals surface area contributed by atoms with Gasteiger partial charge in [0.1, 0.15) is 5.69 Å². The number of nitrogens with two attached hydrogens (primary N) is 1. The highest BCUT2D eigenvalue weighted by molar-refractivity contribution is 5.61. The van der Waals surface area contributed by atoms with Gasteiger partial charge in [-0.1, -0.05) is 10.3 Å². The molecule has 0 saturated carbocycles. The topological polar surface area (TPSA) is 109 Å². The van der Waals surface area contributed by atoms with Crippen molar-refractivity contribution < 1.29 is 9.05 Å². The highest BCUT2D eigenvalue weighted by Crippen LogP contribution is 2.24. The van der Waals surface area contributed by atoms with E-state index in [1.54, 1.807) is 16.9 Å². The first-order valence-electron chi connectivity index (χ1n) is 6.25. The van der Waals surface area contributed by atoms with Gasteiger partial charge in [-0.25, -0.2) is 0 Å². The van der Waals surface area contributed by atoms with Crippen molar-refractivity contribution in [1.29, 1.82) is 0 Å². The van der Waals surface area contributed by atoms with E-state index in [2.05, 4.69) is 20.4 Å². The van der Waals surface area contributed by atoms with Crippen LogP contribution in [-0.4, -0.2) is 31.6 Å². The quantitative estimate of drug-likeness (QED) is 0.739. The molecule has 0 saturated heterocycles. The van der Waals surface area contributed by atoms with Crippen LogP contribution in [0.3, 0.4) is 0 Å². The summed E-state index contributed by atoms with van der Waals surface area (Å²) in [5, 5.41) is 11.9. The maximum Gasteiger partial charge on any atom is 0.296 e. The van der Waals surface area contributed by atoms with Gasteiger partial charge in [-0.3, -0.25) is 4.68 Å². The molecule has 0 radical (unpaired) electrons. The summed E-state index contributed by atoms with van der Waals surface area (Å²) in [5.74, 6) is 1.37. The number of aromatic nitrogens is 5. The Hall–Kier alpha value is -2.48. The van der Waals surface area contributed by atoms with E-state index in [1.807, 2.05) is 13.2 Å². The lowest BCUT2D eigenvalue weighted by Gasteiger charge is -1.87. The van der Waals surface area contributed by atoms with Gasteiger partial charge >= 0.3 is 0 Å². The minimum absolute atomic E-state index is 0.319. The van der Waals surface area contributed by atoms with E-state index in [0.717, 1.165) is 12.0 Å². The van der Waals surface area contributed by atoms with Crippen LogP contribution in [-0.2, 0) is 13.5 Å². The third-order valence-corrected chi connectivity index (χ3v) is 2.79. The molecule has 0 fully saturated rings. The molecule has 3 rings (SSSR count). The molecular formula is C12H14N6O2. The molecule has 8 heteroatoms. The van der Waals surface area contributed by atoms with Crippen LogP contribution in [0.15, 0.2) is 27.5 Å². The van der Waals surface area contributed by atoms with Crippen molar-refractivity contribution in [3.63, 3.8) is 0 Å². The Labute approximate surface area is 114 Å². The number of nitrogens with zero attached hydrogens (tertiary/aromatic N) is 5. The summed E-state index contributed by atoms with van der Waals surface area (Å²) in [7, 11) is 1.84. The number of hydrogen-bond donors (Lipinski definition) is 1. The first-order chi connectivity index (χ1) is 9.76. The zero-order valence-electron chi connectivity index (χ0n) is 11.0. The lowest BCUT2D eigenvalue weighted by Crippen LogP contribution is -2.01. The second-order valence-electron chi connectivity index (χ2n) is 4.39. The molecule has 0 aliphatic rings. The maximum absolute atomic E-state index is 5.44. The average Bonchev–Trinajstić information content (AvgIpc) is 3.15. The van der Waals surface area contributed by atoms with Gasteiger partial charge in [-0.2, -0.15) is 10.1 Å². The smallest absolute Gasteiger partial charge is 0.296 e. The second-order valence-corrected chi connectivity index (χ2v) is 4.39. The van der Waals surface area contributed by atoms with Gasteiger partial charge in [0, 0.05) is 31.3 Å². The normalized spacial score (nSPS) is 11.1. The van der Waals surface area contributed by atoms with Gasteiger partial charge in [-0.15, -0.1) is 0 Å². The molecule has 0 spiro atoms. The van der Waals surface area contributed by atoms with Gasteiger partial charge in [0.2, 0.25) is 5.76 Å². The lowest BCUT2D eigenvalue weighted by molar-refractivity contribution is 0.382. The van der Waals surface area contributed by atoms with Crippen molar-refractivity contribution in [2.45, 2.75) is 12.8 Å². The molecular weight excluding hydrogens is 260 g/mol. The Bertz CT molecular complexity index is 698. The van der Waals surface area contributed by atoms with Crippen molar-refractivity contribution in [2.24, 2.45) is 12.8 Å². The Morgan fingerprint density at radius 3 is 2.95 bits per heavy atom. The van der Waals surface area contributed by atoms with Crippen LogP contribution in [0.1, 0.15) is 12.2 Å². The van der Waals surface area contributed by atoms with Crippen LogP contribution in [0.4, 0.5) is 0 Å². The molecule has 2 N–H and O–H groups in total.